The Hall–Kier alpha value is -0.370. The predicted molar refractivity (Wildman–Crippen MR) is 71.1 cm³/mol. The van der Waals surface area contributed by atoms with Gasteiger partial charge in [-0.05, 0) is 26.2 Å². The fraction of sp³-hybridized carbons (Fsp3) is 0.933. The van der Waals surface area contributed by atoms with Crippen LogP contribution in [0.15, 0.2) is 0 Å². The molecule has 2 heteroatoms. The third kappa shape index (κ3) is 3.80. The molecule has 0 aromatic carbocycles. The van der Waals surface area contributed by atoms with Crippen LogP contribution in [-0.4, -0.2) is 18.0 Å². The fourth-order valence-corrected chi connectivity index (χ4v) is 3.05. The van der Waals surface area contributed by atoms with E-state index in [1.165, 1.54) is 12.8 Å². The monoisotopic (exact) mass is 240 g/mol. The van der Waals surface area contributed by atoms with Crippen molar-refractivity contribution in [1.82, 2.24) is 0 Å². The van der Waals surface area contributed by atoms with Gasteiger partial charge < -0.3 is 4.74 Å². The SMILES string of the molecule is CCCC(C)C(=O)C1(OCC)CCCCCC1. The summed E-state index contributed by atoms with van der Waals surface area (Å²) in [5, 5.41) is 0. The Balaban J connectivity index is 2.77. The fourth-order valence-electron chi connectivity index (χ4n) is 3.05. The van der Waals surface area contributed by atoms with Crippen LogP contribution >= 0.6 is 0 Å². The second-order valence-electron chi connectivity index (χ2n) is 5.40. The van der Waals surface area contributed by atoms with Crippen molar-refractivity contribution in [3.05, 3.63) is 0 Å². The van der Waals surface area contributed by atoms with Crippen LogP contribution < -0.4 is 0 Å². The molecule has 0 heterocycles. The van der Waals surface area contributed by atoms with Crippen molar-refractivity contribution in [3.8, 4) is 0 Å². The second kappa shape index (κ2) is 7.15. The van der Waals surface area contributed by atoms with Crippen LogP contribution in [0.4, 0.5) is 0 Å². The minimum atomic E-state index is -0.445. The van der Waals surface area contributed by atoms with E-state index < -0.39 is 5.60 Å². The zero-order valence-electron chi connectivity index (χ0n) is 11.8. The van der Waals surface area contributed by atoms with E-state index in [0.29, 0.717) is 12.4 Å². The molecule has 0 aliphatic heterocycles. The molecule has 0 N–H and O–H groups in total. The lowest BCUT2D eigenvalue weighted by atomic mass is 9.82. The van der Waals surface area contributed by atoms with Crippen LogP contribution in [0.25, 0.3) is 0 Å². The Kier molecular flexibility index (Phi) is 6.18. The normalized spacial score (nSPS) is 21.8. The summed E-state index contributed by atoms with van der Waals surface area (Å²) in [6.07, 6.45) is 8.74. The number of rotatable bonds is 6. The number of ketones is 1. The predicted octanol–water partition coefficient (Wildman–Crippen LogP) is 4.12. The molecular formula is C15H28O2. The zero-order valence-corrected chi connectivity index (χ0v) is 11.8. The van der Waals surface area contributed by atoms with Crippen molar-refractivity contribution in [2.45, 2.75) is 77.7 Å². The highest BCUT2D eigenvalue weighted by Crippen LogP contribution is 2.34. The molecule has 1 atom stereocenters. The standard InChI is InChI=1S/C15H28O2/c1-4-10-13(3)14(16)15(17-5-2)11-8-6-7-9-12-15/h13H,4-12H2,1-3H3. The molecule has 1 saturated carbocycles. The van der Waals surface area contributed by atoms with Crippen LogP contribution in [0.2, 0.25) is 0 Å². The molecule has 1 aliphatic rings. The van der Waals surface area contributed by atoms with Gasteiger partial charge in [-0.25, -0.2) is 0 Å². The number of carbonyl (C=O) groups excluding carboxylic acids is 1. The molecule has 1 unspecified atom stereocenters. The average molecular weight is 240 g/mol. The summed E-state index contributed by atoms with van der Waals surface area (Å²) in [6.45, 7) is 6.87. The number of hydrogen-bond acceptors (Lipinski definition) is 2. The van der Waals surface area contributed by atoms with E-state index in [0.717, 1.165) is 38.5 Å². The number of Topliss-reactive ketones (excluding diaryl/α,β-unsaturated/α-hetero) is 1. The van der Waals surface area contributed by atoms with Gasteiger partial charge in [0.2, 0.25) is 0 Å². The van der Waals surface area contributed by atoms with Gasteiger partial charge in [0.05, 0.1) is 0 Å². The quantitative estimate of drug-likeness (QED) is 0.653. The van der Waals surface area contributed by atoms with Crippen LogP contribution in [0.5, 0.6) is 0 Å². The maximum atomic E-state index is 12.6. The first-order valence-corrected chi connectivity index (χ1v) is 7.34. The molecule has 1 aliphatic carbocycles. The van der Waals surface area contributed by atoms with E-state index in [1.54, 1.807) is 0 Å². The Morgan fingerprint density at radius 2 is 1.76 bits per heavy atom. The largest absolute Gasteiger partial charge is 0.367 e. The summed E-state index contributed by atoms with van der Waals surface area (Å²) >= 11 is 0. The highest BCUT2D eigenvalue weighted by molar-refractivity contribution is 5.89. The Morgan fingerprint density at radius 3 is 2.24 bits per heavy atom. The number of hydrogen-bond donors (Lipinski definition) is 0. The molecule has 0 saturated heterocycles. The lowest BCUT2D eigenvalue weighted by molar-refractivity contribution is -0.150. The molecule has 1 fully saturated rings. The molecular weight excluding hydrogens is 212 g/mol. The summed E-state index contributed by atoms with van der Waals surface area (Å²) in [5.41, 5.74) is -0.445. The number of carbonyl (C=O) groups is 1. The molecule has 0 aromatic heterocycles. The van der Waals surface area contributed by atoms with Crippen molar-refractivity contribution in [1.29, 1.82) is 0 Å². The van der Waals surface area contributed by atoms with Gasteiger partial charge in [-0.1, -0.05) is 46.0 Å². The smallest absolute Gasteiger partial charge is 0.167 e. The van der Waals surface area contributed by atoms with Crippen molar-refractivity contribution >= 4 is 5.78 Å². The molecule has 0 bridgehead atoms. The third-order valence-electron chi connectivity index (χ3n) is 3.95. The molecule has 0 radical (unpaired) electrons. The van der Waals surface area contributed by atoms with E-state index in [-0.39, 0.29) is 5.92 Å². The van der Waals surface area contributed by atoms with Crippen molar-refractivity contribution in [2.75, 3.05) is 6.61 Å². The zero-order chi connectivity index (χ0) is 12.7. The van der Waals surface area contributed by atoms with Crippen LogP contribution in [-0.2, 0) is 9.53 Å². The lowest BCUT2D eigenvalue weighted by Gasteiger charge is -2.33. The van der Waals surface area contributed by atoms with Gasteiger partial charge >= 0.3 is 0 Å². The van der Waals surface area contributed by atoms with E-state index in [1.807, 2.05) is 6.92 Å². The van der Waals surface area contributed by atoms with Crippen LogP contribution in [0.3, 0.4) is 0 Å². The van der Waals surface area contributed by atoms with E-state index in [4.69, 9.17) is 4.74 Å². The second-order valence-corrected chi connectivity index (χ2v) is 5.40. The van der Waals surface area contributed by atoms with Gasteiger partial charge in [0, 0.05) is 12.5 Å². The molecule has 0 amide bonds. The number of ether oxygens (including phenoxy) is 1. The molecule has 0 spiro atoms. The molecule has 100 valence electrons. The van der Waals surface area contributed by atoms with Gasteiger partial charge in [-0.3, -0.25) is 4.79 Å². The Bertz CT molecular complexity index is 227. The van der Waals surface area contributed by atoms with Crippen LogP contribution in [0.1, 0.15) is 72.1 Å². The summed E-state index contributed by atoms with van der Waals surface area (Å²) < 4.78 is 5.93. The highest BCUT2D eigenvalue weighted by Gasteiger charge is 2.40. The van der Waals surface area contributed by atoms with Gasteiger partial charge in [0.25, 0.3) is 0 Å². The average Bonchev–Trinajstić information content (AvgIpc) is 2.55. The van der Waals surface area contributed by atoms with E-state index in [9.17, 15) is 4.79 Å². The first-order chi connectivity index (χ1) is 8.16. The van der Waals surface area contributed by atoms with Gasteiger partial charge in [-0.15, -0.1) is 0 Å². The molecule has 0 aromatic rings. The van der Waals surface area contributed by atoms with Gasteiger partial charge in [0.1, 0.15) is 5.60 Å². The highest BCUT2D eigenvalue weighted by atomic mass is 16.5. The topological polar surface area (TPSA) is 26.3 Å². The summed E-state index contributed by atoms with van der Waals surface area (Å²) in [5.74, 6) is 0.521. The lowest BCUT2D eigenvalue weighted by Crippen LogP contribution is -2.44. The van der Waals surface area contributed by atoms with E-state index >= 15 is 0 Å². The molecule has 2 nitrogen and oxygen atoms in total. The molecule has 1 rings (SSSR count). The van der Waals surface area contributed by atoms with Crippen molar-refractivity contribution in [2.24, 2.45) is 5.92 Å². The minimum absolute atomic E-state index is 0.157. The van der Waals surface area contributed by atoms with Gasteiger partial charge in [0.15, 0.2) is 5.78 Å². The van der Waals surface area contributed by atoms with Crippen molar-refractivity contribution in [3.63, 3.8) is 0 Å². The maximum Gasteiger partial charge on any atom is 0.167 e. The summed E-state index contributed by atoms with van der Waals surface area (Å²) in [7, 11) is 0. The summed E-state index contributed by atoms with van der Waals surface area (Å²) in [6, 6.07) is 0. The maximum absolute atomic E-state index is 12.6. The van der Waals surface area contributed by atoms with Gasteiger partial charge in [-0.2, -0.15) is 0 Å². The first-order valence-electron chi connectivity index (χ1n) is 7.34. The van der Waals surface area contributed by atoms with Crippen LogP contribution in [0, 0.1) is 5.92 Å². The Morgan fingerprint density at radius 1 is 1.18 bits per heavy atom. The third-order valence-corrected chi connectivity index (χ3v) is 3.95. The van der Waals surface area contributed by atoms with E-state index in [2.05, 4.69) is 13.8 Å². The molecule has 17 heavy (non-hydrogen) atoms. The Labute approximate surface area is 106 Å². The van der Waals surface area contributed by atoms with Crippen molar-refractivity contribution < 1.29 is 9.53 Å². The summed E-state index contributed by atoms with van der Waals surface area (Å²) in [4.78, 5) is 12.6. The first kappa shape index (κ1) is 14.7. The minimum Gasteiger partial charge on any atom is -0.367 e.